The molecule has 6 nitrogen and oxygen atoms in total. The van der Waals surface area contributed by atoms with Gasteiger partial charge in [0.05, 0.1) is 13.1 Å². The third kappa shape index (κ3) is 7.00. The van der Waals surface area contributed by atoms with Gasteiger partial charge < -0.3 is 15.5 Å². The van der Waals surface area contributed by atoms with Gasteiger partial charge in [-0.1, -0.05) is 24.6 Å². The highest BCUT2D eigenvalue weighted by Crippen LogP contribution is 2.08. The van der Waals surface area contributed by atoms with Crippen LogP contribution in [0.1, 0.15) is 25.8 Å². The van der Waals surface area contributed by atoms with Crippen LogP contribution in [0.25, 0.3) is 0 Å². The molecule has 0 aliphatic rings. The summed E-state index contributed by atoms with van der Waals surface area (Å²) < 4.78 is 0. The summed E-state index contributed by atoms with van der Waals surface area (Å²) in [7, 11) is 0. The Kier molecular flexibility index (Phi) is 8.26. The maximum absolute atomic E-state index is 11.9. The Morgan fingerprint density at radius 2 is 1.79 bits per heavy atom. The number of nitrogens with one attached hydrogen (secondary N) is 2. The van der Waals surface area contributed by atoms with Crippen LogP contribution in [0, 0.1) is 6.92 Å². The largest absolute Gasteiger partial charge is 0.345 e. The van der Waals surface area contributed by atoms with Crippen LogP contribution in [-0.2, 0) is 14.4 Å². The molecule has 3 amide bonds. The summed E-state index contributed by atoms with van der Waals surface area (Å²) in [5.41, 5.74) is 1.76. The summed E-state index contributed by atoms with van der Waals surface area (Å²) >= 11 is 5.78. The van der Waals surface area contributed by atoms with E-state index in [1.54, 1.807) is 19.1 Å². The molecule has 0 unspecified atom stereocenters. The average molecular weight is 354 g/mol. The fourth-order valence-corrected chi connectivity index (χ4v) is 2.18. The first-order chi connectivity index (χ1) is 11.3. The van der Waals surface area contributed by atoms with E-state index in [4.69, 9.17) is 11.6 Å². The molecule has 0 spiro atoms. The van der Waals surface area contributed by atoms with E-state index in [-0.39, 0.29) is 24.9 Å². The Morgan fingerprint density at radius 3 is 2.33 bits per heavy atom. The third-order valence-corrected chi connectivity index (χ3v) is 3.45. The highest BCUT2D eigenvalue weighted by molar-refractivity contribution is 6.30. The highest BCUT2D eigenvalue weighted by Gasteiger charge is 2.20. The lowest BCUT2D eigenvalue weighted by molar-refractivity contribution is -0.135. The molecule has 0 aliphatic heterocycles. The molecule has 0 aliphatic carbocycles. The molecule has 2 N–H and O–H groups in total. The lowest BCUT2D eigenvalue weighted by Gasteiger charge is -2.22. The number of rotatable bonds is 8. The van der Waals surface area contributed by atoms with E-state index in [1.165, 1.54) is 4.90 Å². The highest BCUT2D eigenvalue weighted by atomic mass is 35.5. The lowest BCUT2D eigenvalue weighted by Crippen LogP contribution is -2.45. The van der Waals surface area contributed by atoms with Crippen molar-refractivity contribution >= 4 is 35.0 Å². The Labute approximate surface area is 147 Å². The van der Waals surface area contributed by atoms with Gasteiger partial charge in [-0.15, -0.1) is 11.6 Å². The molecule has 0 radical (unpaired) electrons. The first kappa shape index (κ1) is 20.0. The zero-order valence-electron chi connectivity index (χ0n) is 14.3. The number of halogens is 1. The number of anilines is 1. The van der Waals surface area contributed by atoms with Gasteiger partial charge in [0, 0.05) is 12.2 Å². The second kappa shape index (κ2) is 9.93. The van der Waals surface area contributed by atoms with E-state index in [9.17, 15) is 14.4 Å². The normalized spacial score (nSPS) is 11.5. The molecule has 24 heavy (non-hydrogen) atoms. The first-order valence-corrected chi connectivity index (χ1v) is 8.33. The summed E-state index contributed by atoms with van der Waals surface area (Å²) in [5.74, 6) is -1.02. The fourth-order valence-electron chi connectivity index (χ4n) is 2.04. The van der Waals surface area contributed by atoms with Crippen LogP contribution in [0.2, 0.25) is 0 Å². The summed E-state index contributed by atoms with van der Waals surface area (Å²) in [6.45, 7) is 5.61. The van der Waals surface area contributed by atoms with Crippen LogP contribution in [0.3, 0.4) is 0 Å². The number of hydrogen-bond acceptors (Lipinski definition) is 3. The standard InChI is InChI=1S/C17H24ClN3O3/c1-4-9-21(17(24)13(3)18)11-16(23)19-10-15(22)20-14-7-5-12(2)6-8-14/h5-8,13H,4,9-11H2,1-3H3,(H,19,23)(H,20,22)/t13-/m1/s1. The molecule has 0 bridgehead atoms. The van der Waals surface area contributed by atoms with E-state index in [2.05, 4.69) is 10.6 Å². The number of benzene rings is 1. The van der Waals surface area contributed by atoms with Gasteiger partial charge in [-0.25, -0.2) is 0 Å². The number of nitrogens with zero attached hydrogens (tertiary/aromatic N) is 1. The molecule has 0 saturated carbocycles. The second-order valence-electron chi connectivity index (χ2n) is 5.57. The smallest absolute Gasteiger partial charge is 0.243 e. The topological polar surface area (TPSA) is 78.5 Å². The minimum absolute atomic E-state index is 0.110. The van der Waals surface area contributed by atoms with Gasteiger partial charge in [-0.05, 0) is 32.4 Å². The van der Waals surface area contributed by atoms with Crippen LogP contribution in [-0.4, -0.2) is 47.6 Å². The minimum atomic E-state index is -0.686. The van der Waals surface area contributed by atoms with Gasteiger partial charge in [-0.3, -0.25) is 14.4 Å². The number of carbonyl (C=O) groups excluding carboxylic acids is 3. The fraction of sp³-hybridized carbons (Fsp3) is 0.471. The number of amides is 3. The lowest BCUT2D eigenvalue weighted by atomic mass is 10.2. The summed E-state index contributed by atoms with van der Waals surface area (Å²) in [4.78, 5) is 37.1. The zero-order valence-corrected chi connectivity index (χ0v) is 15.0. The third-order valence-electron chi connectivity index (χ3n) is 3.26. The molecular weight excluding hydrogens is 330 g/mol. The van der Waals surface area contributed by atoms with Gasteiger partial charge in [0.25, 0.3) is 0 Å². The van der Waals surface area contributed by atoms with Crippen LogP contribution < -0.4 is 10.6 Å². The molecule has 1 aromatic rings. The van der Waals surface area contributed by atoms with Crippen molar-refractivity contribution in [3.8, 4) is 0 Å². The van der Waals surface area contributed by atoms with Gasteiger partial charge in [0.1, 0.15) is 5.38 Å². The van der Waals surface area contributed by atoms with Crippen LogP contribution in [0.5, 0.6) is 0 Å². The van der Waals surface area contributed by atoms with Crippen molar-refractivity contribution in [2.75, 3.05) is 25.0 Å². The SMILES string of the molecule is CCCN(CC(=O)NCC(=O)Nc1ccc(C)cc1)C(=O)[C@@H](C)Cl. The molecular formula is C17H24ClN3O3. The summed E-state index contributed by atoms with van der Waals surface area (Å²) in [5, 5.41) is 4.51. The quantitative estimate of drug-likeness (QED) is 0.701. The molecule has 7 heteroatoms. The molecule has 1 aromatic carbocycles. The molecule has 0 aromatic heterocycles. The average Bonchev–Trinajstić information content (AvgIpc) is 2.54. The van der Waals surface area contributed by atoms with E-state index < -0.39 is 11.3 Å². The van der Waals surface area contributed by atoms with Crippen molar-refractivity contribution in [2.45, 2.75) is 32.6 Å². The number of aryl methyl sites for hydroxylation is 1. The van der Waals surface area contributed by atoms with Crippen molar-refractivity contribution in [2.24, 2.45) is 0 Å². The second-order valence-corrected chi connectivity index (χ2v) is 6.22. The van der Waals surface area contributed by atoms with Gasteiger partial charge >= 0.3 is 0 Å². The number of hydrogen-bond donors (Lipinski definition) is 2. The van der Waals surface area contributed by atoms with Crippen LogP contribution in [0.4, 0.5) is 5.69 Å². The summed E-state index contributed by atoms with van der Waals surface area (Å²) in [6, 6.07) is 7.35. The molecule has 0 fully saturated rings. The Balaban J connectivity index is 2.44. The van der Waals surface area contributed by atoms with E-state index in [0.717, 1.165) is 12.0 Å². The van der Waals surface area contributed by atoms with E-state index in [1.807, 2.05) is 26.0 Å². The molecule has 132 valence electrons. The van der Waals surface area contributed by atoms with Crippen molar-refractivity contribution in [1.82, 2.24) is 10.2 Å². The van der Waals surface area contributed by atoms with E-state index in [0.29, 0.717) is 12.2 Å². The first-order valence-electron chi connectivity index (χ1n) is 7.89. The molecule has 1 atom stereocenters. The Morgan fingerprint density at radius 1 is 1.17 bits per heavy atom. The van der Waals surface area contributed by atoms with Crippen LogP contribution in [0.15, 0.2) is 24.3 Å². The zero-order chi connectivity index (χ0) is 18.1. The maximum Gasteiger partial charge on any atom is 0.243 e. The number of alkyl halides is 1. The monoisotopic (exact) mass is 353 g/mol. The van der Waals surface area contributed by atoms with Crippen molar-refractivity contribution < 1.29 is 14.4 Å². The van der Waals surface area contributed by atoms with Gasteiger partial charge in [0.2, 0.25) is 17.7 Å². The van der Waals surface area contributed by atoms with Crippen molar-refractivity contribution in [3.63, 3.8) is 0 Å². The predicted octanol–water partition coefficient (Wildman–Crippen LogP) is 1.92. The van der Waals surface area contributed by atoms with Gasteiger partial charge in [0.15, 0.2) is 0 Å². The summed E-state index contributed by atoms with van der Waals surface area (Å²) in [6.07, 6.45) is 0.719. The van der Waals surface area contributed by atoms with Crippen molar-refractivity contribution in [1.29, 1.82) is 0 Å². The minimum Gasteiger partial charge on any atom is -0.345 e. The predicted molar refractivity (Wildman–Crippen MR) is 95.0 cm³/mol. The van der Waals surface area contributed by atoms with Crippen LogP contribution >= 0.6 is 11.6 Å². The Hall–Kier alpha value is -2.08. The van der Waals surface area contributed by atoms with E-state index >= 15 is 0 Å². The number of carbonyl (C=O) groups is 3. The molecule has 1 rings (SSSR count). The van der Waals surface area contributed by atoms with Crippen molar-refractivity contribution in [3.05, 3.63) is 29.8 Å². The molecule has 0 saturated heterocycles. The molecule has 0 heterocycles. The maximum atomic E-state index is 11.9. The Bertz CT molecular complexity index is 573. The van der Waals surface area contributed by atoms with Gasteiger partial charge in [-0.2, -0.15) is 0 Å².